The lowest BCUT2D eigenvalue weighted by atomic mass is 10.1. The molecule has 17 heavy (non-hydrogen) atoms. The zero-order chi connectivity index (χ0) is 12.5. The fourth-order valence-corrected chi connectivity index (χ4v) is 5.07. The van der Waals surface area contributed by atoms with Gasteiger partial charge in [-0.2, -0.15) is 0 Å². The molecule has 1 atom stereocenters. The molecule has 4 nitrogen and oxygen atoms in total. The van der Waals surface area contributed by atoms with Gasteiger partial charge in [-0.05, 0) is 44.9 Å². The monoisotopic (exact) mass is 274 g/mol. The Labute approximate surface area is 106 Å². The van der Waals surface area contributed by atoms with Gasteiger partial charge in [0, 0.05) is 17.5 Å². The molecule has 1 aromatic rings. The molecule has 1 saturated heterocycles. The van der Waals surface area contributed by atoms with Gasteiger partial charge in [-0.3, -0.25) is 0 Å². The molecule has 0 aliphatic carbocycles. The first kappa shape index (κ1) is 13.0. The van der Waals surface area contributed by atoms with E-state index in [0.717, 1.165) is 36.4 Å². The minimum absolute atomic E-state index is 0.0237. The van der Waals surface area contributed by atoms with Crippen molar-refractivity contribution in [1.82, 2.24) is 10.0 Å². The smallest absolute Gasteiger partial charge is 0.250 e. The number of aryl methyl sites for hydroxylation is 2. The van der Waals surface area contributed by atoms with Gasteiger partial charge >= 0.3 is 0 Å². The van der Waals surface area contributed by atoms with Crippen LogP contribution in [0.15, 0.2) is 10.3 Å². The summed E-state index contributed by atoms with van der Waals surface area (Å²) in [5.74, 6) is 0. The molecule has 0 radical (unpaired) electrons. The van der Waals surface area contributed by atoms with E-state index in [0.29, 0.717) is 4.21 Å². The van der Waals surface area contributed by atoms with Crippen molar-refractivity contribution in [2.45, 2.75) is 36.9 Å². The Morgan fingerprint density at radius 1 is 1.47 bits per heavy atom. The van der Waals surface area contributed by atoms with Crippen LogP contribution in [0.1, 0.15) is 23.3 Å². The molecule has 0 unspecified atom stereocenters. The number of piperidine rings is 1. The summed E-state index contributed by atoms with van der Waals surface area (Å²) in [5.41, 5.74) is 0.837. The van der Waals surface area contributed by atoms with E-state index in [-0.39, 0.29) is 6.04 Å². The molecule has 0 bridgehead atoms. The Morgan fingerprint density at radius 2 is 2.24 bits per heavy atom. The summed E-state index contributed by atoms with van der Waals surface area (Å²) in [5, 5.41) is 3.21. The molecule has 1 aliphatic rings. The van der Waals surface area contributed by atoms with Gasteiger partial charge in [0.25, 0.3) is 10.0 Å². The molecule has 2 N–H and O–H groups in total. The number of sulfonamides is 1. The average molecular weight is 274 g/mol. The topological polar surface area (TPSA) is 58.2 Å². The lowest BCUT2D eigenvalue weighted by Crippen LogP contribution is -2.45. The third-order valence-electron chi connectivity index (χ3n) is 2.86. The average Bonchev–Trinajstić information content (AvgIpc) is 2.59. The predicted octanol–water partition coefficient (Wildman–Crippen LogP) is 1.40. The first-order chi connectivity index (χ1) is 7.99. The summed E-state index contributed by atoms with van der Waals surface area (Å²) < 4.78 is 27.7. The predicted molar refractivity (Wildman–Crippen MR) is 70.0 cm³/mol. The molecule has 2 heterocycles. The van der Waals surface area contributed by atoms with Crippen LogP contribution < -0.4 is 10.0 Å². The van der Waals surface area contributed by atoms with Gasteiger partial charge in [0.15, 0.2) is 0 Å². The summed E-state index contributed by atoms with van der Waals surface area (Å²) in [4.78, 5) is 1.03. The summed E-state index contributed by atoms with van der Waals surface area (Å²) in [6, 6.07) is 1.94. The van der Waals surface area contributed by atoms with Crippen LogP contribution in [0.4, 0.5) is 0 Å². The van der Waals surface area contributed by atoms with Crippen molar-refractivity contribution in [3.63, 3.8) is 0 Å². The molecule has 0 saturated carbocycles. The van der Waals surface area contributed by atoms with Crippen LogP contribution in [0.25, 0.3) is 0 Å². The summed E-state index contributed by atoms with van der Waals surface area (Å²) in [6.07, 6.45) is 1.94. The maximum atomic E-state index is 12.2. The van der Waals surface area contributed by atoms with Gasteiger partial charge in [0.2, 0.25) is 0 Å². The van der Waals surface area contributed by atoms with Crippen molar-refractivity contribution in [3.05, 3.63) is 16.5 Å². The van der Waals surface area contributed by atoms with Gasteiger partial charge in [0.05, 0.1) is 0 Å². The highest BCUT2D eigenvalue weighted by atomic mass is 32.2. The van der Waals surface area contributed by atoms with E-state index in [9.17, 15) is 8.42 Å². The number of hydrogen-bond donors (Lipinski definition) is 2. The Hall–Kier alpha value is -0.430. The van der Waals surface area contributed by atoms with Gasteiger partial charge in [-0.25, -0.2) is 13.1 Å². The highest BCUT2D eigenvalue weighted by molar-refractivity contribution is 7.91. The van der Waals surface area contributed by atoms with Crippen molar-refractivity contribution in [3.8, 4) is 0 Å². The minimum atomic E-state index is -3.34. The molecule has 96 valence electrons. The molecule has 1 aromatic heterocycles. The van der Waals surface area contributed by atoms with E-state index in [1.807, 2.05) is 19.9 Å². The first-order valence-electron chi connectivity index (χ1n) is 5.79. The van der Waals surface area contributed by atoms with E-state index in [1.165, 1.54) is 11.3 Å². The molecule has 0 aromatic carbocycles. The fourth-order valence-electron chi connectivity index (χ4n) is 2.11. The lowest BCUT2D eigenvalue weighted by Gasteiger charge is -2.23. The second-order valence-corrected chi connectivity index (χ2v) is 7.66. The summed E-state index contributed by atoms with van der Waals surface area (Å²) in [6.45, 7) is 5.48. The Kier molecular flexibility index (Phi) is 3.87. The Morgan fingerprint density at radius 3 is 2.76 bits per heavy atom. The van der Waals surface area contributed by atoms with Crippen LogP contribution in [0.5, 0.6) is 0 Å². The van der Waals surface area contributed by atoms with Crippen LogP contribution >= 0.6 is 11.3 Å². The van der Waals surface area contributed by atoms with Crippen molar-refractivity contribution < 1.29 is 8.42 Å². The van der Waals surface area contributed by atoms with Gasteiger partial charge in [-0.15, -0.1) is 11.3 Å². The number of rotatable bonds is 3. The molecule has 0 spiro atoms. The van der Waals surface area contributed by atoms with Crippen molar-refractivity contribution >= 4 is 21.4 Å². The van der Waals surface area contributed by atoms with Gasteiger partial charge in [-0.1, -0.05) is 0 Å². The van der Waals surface area contributed by atoms with E-state index in [2.05, 4.69) is 10.0 Å². The standard InChI is InChI=1S/C11H18N2O2S2/c1-8-6-9(2)16-11(8)17(14,15)13-10-4-3-5-12-7-10/h6,10,12-13H,3-5,7H2,1-2H3/t10-/m1/s1. The molecular weight excluding hydrogens is 256 g/mol. The Balaban J connectivity index is 2.15. The largest absolute Gasteiger partial charge is 0.315 e. The molecule has 0 amide bonds. The second-order valence-electron chi connectivity index (χ2n) is 4.49. The highest BCUT2D eigenvalue weighted by Crippen LogP contribution is 2.26. The molecule has 6 heteroatoms. The number of thiophene rings is 1. The number of hydrogen-bond acceptors (Lipinski definition) is 4. The van der Waals surface area contributed by atoms with Gasteiger partial charge in [0.1, 0.15) is 4.21 Å². The van der Waals surface area contributed by atoms with E-state index < -0.39 is 10.0 Å². The normalized spacial score (nSPS) is 21.6. The third-order valence-corrected chi connectivity index (χ3v) is 6.17. The third kappa shape index (κ3) is 3.07. The molecular formula is C11H18N2O2S2. The van der Waals surface area contributed by atoms with Crippen LogP contribution in [0.2, 0.25) is 0 Å². The van der Waals surface area contributed by atoms with Crippen LogP contribution in [0, 0.1) is 13.8 Å². The van der Waals surface area contributed by atoms with E-state index in [1.54, 1.807) is 0 Å². The summed E-state index contributed by atoms with van der Waals surface area (Å²) >= 11 is 1.34. The van der Waals surface area contributed by atoms with Crippen molar-refractivity contribution in [2.24, 2.45) is 0 Å². The lowest BCUT2D eigenvalue weighted by molar-refractivity contribution is 0.429. The SMILES string of the molecule is Cc1cc(C)c(S(=O)(=O)N[C@@H]2CCCNC2)s1. The maximum Gasteiger partial charge on any atom is 0.250 e. The van der Waals surface area contributed by atoms with Gasteiger partial charge < -0.3 is 5.32 Å². The molecule has 1 fully saturated rings. The highest BCUT2D eigenvalue weighted by Gasteiger charge is 2.24. The second kappa shape index (κ2) is 5.06. The minimum Gasteiger partial charge on any atom is -0.315 e. The van der Waals surface area contributed by atoms with Crippen LogP contribution in [0.3, 0.4) is 0 Å². The first-order valence-corrected chi connectivity index (χ1v) is 8.09. The fraction of sp³-hybridized carbons (Fsp3) is 0.636. The van der Waals surface area contributed by atoms with Crippen LogP contribution in [-0.4, -0.2) is 27.5 Å². The molecule has 2 rings (SSSR count). The Bertz CT molecular complexity index is 488. The maximum absolute atomic E-state index is 12.2. The quantitative estimate of drug-likeness (QED) is 0.876. The van der Waals surface area contributed by atoms with E-state index in [4.69, 9.17) is 0 Å². The van der Waals surface area contributed by atoms with Crippen molar-refractivity contribution in [2.75, 3.05) is 13.1 Å². The van der Waals surface area contributed by atoms with Crippen LogP contribution in [-0.2, 0) is 10.0 Å². The zero-order valence-corrected chi connectivity index (χ0v) is 11.7. The van der Waals surface area contributed by atoms with Crippen molar-refractivity contribution in [1.29, 1.82) is 0 Å². The van der Waals surface area contributed by atoms with E-state index >= 15 is 0 Å². The molecule has 1 aliphatic heterocycles. The number of nitrogens with one attached hydrogen (secondary N) is 2. The summed E-state index contributed by atoms with van der Waals surface area (Å²) in [7, 11) is -3.34. The zero-order valence-electron chi connectivity index (χ0n) is 10.1.